The molecular formula is C18H15FN2O2S. The van der Waals surface area contributed by atoms with Crippen LogP contribution in [0.15, 0.2) is 66.0 Å². The van der Waals surface area contributed by atoms with Gasteiger partial charge in [-0.1, -0.05) is 12.1 Å². The van der Waals surface area contributed by atoms with Gasteiger partial charge in [-0.3, -0.25) is 4.57 Å². The van der Waals surface area contributed by atoms with Gasteiger partial charge >= 0.3 is 5.97 Å². The first-order valence-electron chi connectivity index (χ1n) is 7.26. The Bertz CT molecular complexity index is 829. The number of carbonyl (C=O) groups excluding carboxylic acids is 1. The lowest BCUT2D eigenvalue weighted by Crippen LogP contribution is -2.10. The summed E-state index contributed by atoms with van der Waals surface area (Å²) in [6.07, 6.45) is 4.94. The number of benzene rings is 2. The fourth-order valence-corrected chi connectivity index (χ4v) is 2.61. The summed E-state index contributed by atoms with van der Waals surface area (Å²) in [7, 11) is 0. The number of carbonyl (C=O) groups is 1. The van der Waals surface area contributed by atoms with E-state index in [2.05, 4.69) is 4.98 Å². The van der Waals surface area contributed by atoms with E-state index >= 15 is 0 Å². The van der Waals surface area contributed by atoms with E-state index in [-0.39, 0.29) is 12.4 Å². The van der Waals surface area contributed by atoms with E-state index in [0.717, 1.165) is 10.5 Å². The second kappa shape index (κ2) is 7.31. The molecule has 0 spiro atoms. The van der Waals surface area contributed by atoms with Crippen LogP contribution in [0.25, 0.3) is 5.69 Å². The fraction of sp³-hybridized carbons (Fsp3) is 0.111. The van der Waals surface area contributed by atoms with Crippen LogP contribution in [0.4, 0.5) is 4.39 Å². The monoisotopic (exact) mass is 342 g/mol. The highest BCUT2D eigenvalue weighted by molar-refractivity contribution is 7.98. The summed E-state index contributed by atoms with van der Waals surface area (Å²) < 4.78 is 20.0. The molecule has 4 nitrogen and oxygen atoms in total. The van der Waals surface area contributed by atoms with E-state index < -0.39 is 5.97 Å². The Hall–Kier alpha value is -2.60. The standard InChI is InChI=1S/C18H15FN2O2S/c1-24-16-8-2-13(3-9-16)11-23-18(22)17-10-20-12-21(17)15-6-4-14(19)5-7-15/h2-10,12H,11H2,1H3. The van der Waals surface area contributed by atoms with E-state index in [1.807, 2.05) is 30.5 Å². The Kier molecular flexibility index (Phi) is 4.96. The normalized spacial score (nSPS) is 10.6. The van der Waals surface area contributed by atoms with Crippen LogP contribution < -0.4 is 0 Å². The second-order valence-corrected chi connectivity index (χ2v) is 5.93. The minimum atomic E-state index is -0.481. The average Bonchev–Trinajstić information content (AvgIpc) is 3.10. The van der Waals surface area contributed by atoms with Crippen molar-refractivity contribution in [2.75, 3.05) is 6.26 Å². The molecule has 0 radical (unpaired) electrons. The Morgan fingerprint density at radius 2 is 1.88 bits per heavy atom. The molecule has 0 saturated carbocycles. The van der Waals surface area contributed by atoms with Crippen molar-refractivity contribution < 1.29 is 13.9 Å². The molecule has 0 aliphatic heterocycles. The third-order valence-corrected chi connectivity index (χ3v) is 4.22. The van der Waals surface area contributed by atoms with Crippen LogP contribution in [0.3, 0.4) is 0 Å². The van der Waals surface area contributed by atoms with Crippen molar-refractivity contribution in [1.82, 2.24) is 9.55 Å². The van der Waals surface area contributed by atoms with Crippen LogP contribution in [0, 0.1) is 5.82 Å². The molecule has 0 saturated heterocycles. The molecule has 1 aromatic heterocycles. The van der Waals surface area contributed by atoms with E-state index in [9.17, 15) is 9.18 Å². The summed E-state index contributed by atoms with van der Waals surface area (Å²) >= 11 is 1.65. The summed E-state index contributed by atoms with van der Waals surface area (Å²) in [5, 5.41) is 0. The molecule has 0 atom stereocenters. The summed E-state index contributed by atoms with van der Waals surface area (Å²) in [6.45, 7) is 0.183. The molecule has 0 unspecified atom stereocenters. The first-order valence-corrected chi connectivity index (χ1v) is 8.48. The maximum Gasteiger partial charge on any atom is 0.357 e. The minimum absolute atomic E-state index is 0.183. The van der Waals surface area contributed by atoms with E-state index in [0.29, 0.717) is 11.4 Å². The number of nitrogens with zero attached hydrogens (tertiary/aromatic N) is 2. The van der Waals surface area contributed by atoms with Gasteiger partial charge in [0.05, 0.1) is 12.5 Å². The number of rotatable bonds is 5. The fourth-order valence-electron chi connectivity index (χ4n) is 2.20. The van der Waals surface area contributed by atoms with E-state index in [4.69, 9.17) is 4.74 Å². The third-order valence-electron chi connectivity index (χ3n) is 3.48. The summed E-state index contributed by atoms with van der Waals surface area (Å²) in [6, 6.07) is 13.6. The Morgan fingerprint density at radius 1 is 1.17 bits per heavy atom. The number of halogens is 1. The number of ether oxygens (including phenoxy) is 1. The van der Waals surface area contributed by atoms with Gasteiger partial charge in [0, 0.05) is 10.6 Å². The highest BCUT2D eigenvalue weighted by atomic mass is 32.2. The van der Waals surface area contributed by atoms with Crippen molar-refractivity contribution in [2.45, 2.75) is 11.5 Å². The number of hydrogen-bond donors (Lipinski definition) is 0. The van der Waals surface area contributed by atoms with Crippen molar-refractivity contribution in [2.24, 2.45) is 0 Å². The highest BCUT2D eigenvalue weighted by Crippen LogP contribution is 2.17. The number of hydrogen-bond acceptors (Lipinski definition) is 4. The lowest BCUT2D eigenvalue weighted by molar-refractivity contribution is 0.0463. The van der Waals surface area contributed by atoms with E-state index in [1.54, 1.807) is 28.5 Å². The quantitative estimate of drug-likeness (QED) is 0.517. The number of esters is 1. The highest BCUT2D eigenvalue weighted by Gasteiger charge is 2.14. The lowest BCUT2D eigenvalue weighted by atomic mass is 10.2. The second-order valence-electron chi connectivity index (χ2n) is 5.05. The zero-order valence-corrected chi connectivity index (χ0v) is 13.8. The molecular weight excluding hydrogens is 327 g/mol. The molecule has 1 heterocycles. The third kappa shape index (κ3) is 3.65. The van der Waals surface area contributed by atoms with Crippen LogP contribution >= 0.6 is 11.8 Å². The molecule has 24 heavy (non-hydrogen) atoms. The Morgan fingerprint density at radius 3 is 2.54 bits per heavy atom. The molecule has 0 fully saturated rings. The predicted octanol–water partition coefficient (Wildman–Crippen LogP) is 4.09. The van der Waals surface area contributed by atoms with Crippen LogP contribution in [0.2, 0.25) is 0 Å². The van der Waals surface area contributed by atoms with Gasteiger partial charge in [-0.05, 0) is 48.2 Å². The van der Waals surface area contributed by atoms with Gasteiger partial charge in [-0.2, -0.15) is 0 Å². The van der Waals surface area contributed by atoms with Gasteiger partial charge in [0.1, 0.15) is 12.4 Å². The summed E-state index contributed by atoms with van der Waals surface area (Å²) in [5.74, 6) is -0.817. The van der Waals surface area contributed by atoms with Gasteiger partial charge in [0.2, 0.25) is 0 Å². The molecule has 0 N–H and O–H groups in total. The first kappa shape index (κ1) is 16.3. The van der Waals surface area contributed by atoms with Gasteiger partial charge < -0.3 is 4.74 Å². The van der Waals surface area contributed by atoms with Crippen LogP contribution in [-0.4, -0.2) is 21.8 Å². The van der Waals surface area contributed by atoms with Crippen molar-refractivity contribution in [3.05, 3.63) is 78.1 Å². The zero-order chi connectivity index (χ0) is 16.9. The Balaban J connectivity index is 1.71. The van der Waals surface area contributed by atoms with Gasteiger partial charge in [0.15, 0.2) is 5.69 Å². The van der Waals surface area contributed by atoms with E-state index in [1.165, 1.54) is 24.7 Å². The number of thioether (sulfide) groups is 1. The molecule has 6 heteroatoms. The smallest absolute Gasteiger partial charge is 0.357 e. The van der Waals surface area contributed by atoms with Crippen LogP contribution in [-0.2, 0) is 11.3 Å². The van der Waals surface area contributed by atoms with Crippen molar-refractivity contribution in [3.8, 4) is 5.69 Å². The SMILES string of the molecule is CSc1ccc(COC(=O)c2cncn2-c2ccc(F)cc2)cc1. The molecule has 0 aliphatic carbocycles. The van der Waals surface area contributed by atoms with Crippen LogP contribution in [0.5, 0.6) is 0 Å². The zero-order valence-electron chi connectivity index (χ0n) is 13.0. The van der Waals surface area contributed by atoms with Crippen molar-refractivity contribution >= 4 is 17.7 Å². The molecule has 122 valence electrons. The number of imidazole rings is 1. The minimum Gasteiger partial charge on any atom is -0.456 e. The molecule has 0 aliphatic rings. The summed E-state index contributed by atoms with van der Waals surface area (Å²) in [5.41, 5.74) is 1.85. The molecule has 3 rings (SSSR count). The van der Waals surface area contributed by atoms with Gasteiger partial charge in [0.25, 0.3) is 0 Å². The summed E-state index contributed by atoms with van der Waals surface area (Å²) in [4.78, 5) is 17.4. The van der Waals surface area contributed by atoms with Crippen molar-refractivity contribution in [3.63, 3.8) is 0 Å². The number of aromatic nitrogens is 2. The topological polar surface area (TPSA) is 44.1 Å². The first-order chi connectivity index (χ1) is 11.7. The average molecular weight is 342 g/mol. The van der Waals surface area contributed by atoms with Crippen molar-refractivity contribution in [1.29, 1.82) is 0 Å². The van der Waals surface area contributed by atoms with Gasteiger partial charge in [-0.25, -0.2) is 14.2 Å². The molecule has 0 bridgehead atoms. The largest absolute Gasteiger partial charge is 0.456 e. The molecule has 3 aromatic rings. The predicted molar refractivity (Wildman–Crippen MR) is 90.9 cm³/mol. The molecule has 2 aromatic carbocycles. The maximum atomic E-state index is 13.0. The maximum absolute atomic E-state index is 13.0. The lowest BCUT2D eigenvalue weighted by Gasteiger charge is -2.09. The van der Waals surface area contributed by atoms with Gasteiger partial charge in [-0.15, -0.1) is 11.8 Å². The molecule has 0 amide bonds. The Labute approximate surface area is 143 Å². The van der Waals surface area contributed by atoms with Crippen LogP contribution in [0.1, 0.15) is 16.1 Å².